The molecular weight excluding hydrogens is 433 g/mol. The second-order valence-corrected chi connectivity index (χ2v) is 8.44. The van der Waals surface area contributed by atoms with Crippen LogP contribution < -0.4 is 15.0 Å². The number of hydrogen-bond donors (Lipinski definition) is 1. The van der Waals surface area contributed by atoms with E-state index < -0.39 is 0 Å². The van der Waals surface area contributed by atoms with Crippen LogP contribution in [0.5, 0.6) is 5.75 Å². The van der Waals surface area contributed by atoms with Crippen molar-refractivity contribution in [3.05, 3.63) is 94.8 Å². The first kappa shape index (κ1) is 23.3. The largest absolute Gasteiger partial charge is 0.491 e. The number of urea groups is 1. The predicted molar refractivity (Wildman–Crippen MR) is 129 cm³/mol. The van der Waals surface area contributed by atoms with Crippen molar-refractivity contribution in [2.24, 2.45) is 0 Å². The number of aryl methyl sites for hydroxylation is 1. The van der Waals surface area contributed by atoms with Crippen LogP contribution in [0.3, 0.4) is 0 Å². The van der Waals surface area contributed by atoms with E-state index in [4.69, 9.17) is 4.74 Å². The Morgan fingerprint density at radius 1 is 1.03 bits per heavy atom. The number of benzene rings is 3. The Morgan fingerprint density at radius 3 is 2.44 bits per heavy atom. The minimum absolute atomic E-state index is 0.0446. The van der Waals surface area contributed by atoms with Crippen LogP contribution in [-0.4, -0.2) is 30.0 Å². The summed E-state index contributed by atoms with van der Waals surface area (Å²) in [5.74, 6) is 0.386. The number of ether oxygens (including phenoxy) is 1. The molecule has 176 valence electrons. The molecule has 0 aliphatic carbocycles. The molecule has 0 bridgehead atoms. The first-order valence-corrected chi connectivity index (χ1v) is 11.3. The van der Waals surface area contributed by atoms with Gasteiger partial charge in [-0.2, -0.15) is 0 Å². The highest BCUT2D eigenvalue weighted by Crippen LogP contribution is 2.26. The number of nitrogens with zero attached hydrogens (tertiary/aromatic N) is 2. The summed E-state index contributed by atoms with van der Waals surface area (Å²) in [7, 11) is 0. The van der Waals surface area contributed by atoms with E-state index in [9.17, 15) is 14.0 Å². The summed E-state index contributed by atoms with van der Waals surface area (Å²) in [5, 5.41) is 2.89. The molecule has 1 aliphatic rings. The van der Waals surface area contributed by atoms with Gasteiger partial charge in [-0.25, -0.2) is 9.18 Å². The number of halogens is 1. The maximum Gasteiger partial charge on any atom is 0.318 e. The van der Waals surface area contributed by atoms with Crippen molar-refractivity contribution in [1.29, 1.82) is 0 Å². The third-order valence-electron chi connectivity index (χ3n) is 5.82. The van der Waals surface area contributed by atoms with E-state index in [2.05, 4.69) is 5.32 Å². The van der Waals surface area contributed by atoms with Gasteiger partial charge in [-0.15, -0.1) is 0 Å². The zero-order valence-corrected chi connectivity index (χ0v) is 19.4. The number of hydrogen-bond acceptors (Lipinski definition) is 3. The Kier molecular flexibility index (Phi) is 7.11. The average molecular weight is 462 g/mol. The molecule has 6 nitrogen and oxygen atoms in total. The van der Waals surface area contributed by atoms with Crippen molar-refractivity contribution in [1.82, 2.24) is 10.2 Å². The molecule has 0 unspecified atom stereocenters. The van der Waals surface area contributed by atoms with Crippen LogP contribution in [0.4, 0.5) is 14.9 Å². The van der Waals surface area contributed by atoms with Crippen LogP contribution in [0, 0.1) is 12.7 Å². The molecule has 3 amide bonds. The summed E-state index contributed by atoms with van der Waals surface area (Å²) in [6, 6.07) is 19.5. The van der Waals surface area contributed by atoms with E-state index in [1.165, 1.54) is 12.1 Å². The lowest BCUT2D eigenvalue weighted by Gasteiger charge is -2.23. The molecule has 0 spiro atoms. The van der Waals surface area contributed by atoms with E-state index in [1.807, 2.05) is 49.4 Å². The number of rotatable bonds is 5. The standard InChI is InChI=1S/C27H28FN3O3/c1-19-3-10-25(11-4-19)31(20(2)32)17-22-7-12-26-23(15-22)18-30(13-14-34-26)27(33)29-16-21-5-8-24(28)9-6-21/h3-12,15H,13-14,16-18H2,1-2H3,(H,29,33). The average Bonchev–Trinajstić information content (AvgIpc) is 3.04. The zero-order chi connectivity index (χ0) is 24.1. The van der Waals surface area contributed by atoms with Crippen molar-refractivity contribution < 1.29 is 18.7 Å². The number of anilines is 1. The lowest BCUT2D eigenvalue weighted by molar-refractivity contribution is -0.116. The zero-order valence-electron chi connectivity index (χ0n) is 19.4. The quantitative estimate of drug-likeness (QED) is 0.594. The Morgan fingerprint density at radius 2 is 1.74 bits per heavy atom. The topological polar surface area (TPSA) is 61.9 Å². The van der Waals surface area contributed by atoms with Crippen molar-refractivity contribution in [2.75, 3.05) is 18.1 Å². The van der Waals surface area contributed by atoms with Crippen molar-refractivity contribution >= 4 is 17.6 Å². The van der Waals surface area contributed by atoms with Gasteiger partial charge in [0.2, 0.25) is 5.91 Å². The van der Waals surface area contributed by atoms with Crippen molar-refractivity contribution in [3.8, 4) is 5.75 Å². The fraction of sp³-hybridized carbons (Fsp3) is 0.259. The Hall–Kier alpha value is -3.87. The van der Waals surface area contributed by atoms with Gasteiger partial charge in [0.05, 0.1) is 19.6 Å². The second-order valence-electron chi connectivity index (χ2n) is 8.44. The van der Waals surface area contributed by atoms with Gasteiger partial charge < -0.3 is 19.9 Å². The Balaban J connectivity index is 1.46. The highest BCUT2D eigenvalue weighted by Gasteiger charge is 2.21. The van der Waals surface area contributed by atoms with Crippen LogP contribution in [0.1, 0.15) is 29.2 Å². The molecule has 3 aromatic carbocycles. The molecule has 1 heterocycles. The summed E-state index contributed by atoms with van der Waals surface area (Å²) in [6.45, 7) is 5.52. The molecule has 0 aromatic heterocycles. The summed E-state index contributed by atoms with van der Waals surface area (Å²) in [6.07, 6.45) is 0. The molecule has 3 aromatic rings. The fourth-order valence-electron chi connectivity index (χ4n) is 3.90. The number of carbonyl (C=O) groups is 2. The van der Waals surface area contributed by atoms with Gasteiger partial charge in [-0.1, -0.05) is 35.9 Å². The maximum atomic E-state index is 13.1. The molecular formula is C27H28FN3O3. The van der Waals surface area contributed by atoms with E-state index >= 15 is 0 Å². The Bertz CT molecular complexity index is 1160. The molecule has 4 rings (SSSR count). The minimum Gasteiger partial charge on any atom is -0.491 e. The maximum absolute atomic E-state index is 13.1. The normalized spacial score (nSPS) is 12.9. The highest BCUT2D eigenvalue weighted by atomic mass is 19.1. The van der Waals surface area contributed by atoms with Gasteiger partial charge in [0.15, 0.2) is 0 Å². The third kappa shape index (κ3) is 5.73. The first-order valence-electron chi connectivity index (χ1n) is 11.3. The predicted octanol–water partition coefficient (Wildman–Crippen LogP) is 4.79. The van der Waals surface area contributed by atoms with E-state index in [0.717, 1.165) is 33.7 Å². The van der Waals surface area contributed by atoms with Crippen LogP contribution in [-0.2, 0) is 24.4 Å². The van der Waals surface area contributed by atoms with Gasteiger partial charge >= 0.3 is 6.03 Å². The molecule has 0 fully saturated rings. The first-order chi connectivity index (χ1) is 16.4. The third-order valence-corrected chi connectivity index (χ3v) is 5.82. The molecule has 0 saturated heterocycles. The lowest BCUT2D eigenvalue weighted by atomic mass is 10.1. The smallest absolute Gasteiger partial charge is 0.318 e. The van der Waals surface area contributed by atoms with E-state index in [-0.39, 0.29) is 17.8 Å². The number of amides is 3. The monoisotopic (exact) mass is 461 g/mol. The summed E-state index contributed by atoms with van der Waals surface area (Å²) >= 11 is 0. The SMILES string of the molecule is CC(=O)N(Cc1ccc2c(c1)CN(C(=O)NCc1ccc(F)cc1)CCO2)c1ccc(C)cc1. The Labute approximate surface area is 198 Å². The molecule has 1 N–H and O–H groups in total. The van der Waals surface area contributed by atoms with Gasteiger partial charge in [0.1, 0.15) is 18.2 Å². The van der Waals surface area contributed by atoms with Gasteiger partial charge in [0.25, 0.3) is 0 Å². The summed E-state index contributed by atoms with van der Waals surface area (Å²) in [5.41, 5.74) is 4.63. The second kappa shape index (κ2) is 10.4. The summed E-state index contributed by atoms with van der Waals surface area (Å²) < 4.78 is 19.0. The summed E-state index contributed by atoms with van der Waals surface area (Å²) in [4.78, 5) is 28.6. The molecule has 0 radical (unpaired) electrons. The number of carbonyl (C=O) groups excluding carboxylic acids is 2. The van der Waals surface area contributed by atoms with Gasteiger partial charge in [-0.3, -0.25) is 4.79 Å². The lowest BCUT2D eigenvalue weighted by Crippen LogP contribution is -2.40. The van der Waals surface area contributed by atoms with Gasteiger partial charge in [0, 0.05) is 24.7 Å². The van der Waals surface area contributed by atoms with Crippen LogP contribution in [0.25, 0.3) is 0 Å². The minimum atomic E-state index is -0.308. The van der Waals surface area contributed by atoms with Crippen molar-refractivity contribution in [3.63, 3.8) is 0 Å². The van der Waals surface area contributed by atoms with Crippen LogP contribution in [0.2, 0.25) is 0 Å². The molecule has 7 heteroatoms. The van der Waals surface area contributed by atoms with Crippen LogP contribution >= 0.6 is 0 Å². The fourth-order valence-corrected chi connectivity index (χ4v) is 3.90. The number of fused-ring (bicyclic) bond motifs is 1. The van der Waals surface area contributed by atoms with Crippen LogP contribution in [0.15, 0.2) is 66.7 Å². The van der Waals surface area contributed by atoms with E-state index in [0.29, 0.717) is 32.8 Å². The highest BCUT2D eigenvalue weighted by molar-refractivity contribution is 5.91. The molecule has 0 saturated carbocycles. The van der Waals surface area contributed by atoms with E-state index in [1.54, 1.807) is 28.9 Å². The van der Waals surface area contributed by atoms with Crippen molar-refractivity contribution in [2.45, 2.75) is 33.5 Å². The van der Waals surface area contributed by atoms with Gasteiger partial charge in [-0.05, 0) is 54.4 Å². The molecule has 0 atom stereocenters. The molecule has 1 aliphatic heterocycles. The number of nitrogens with one attached hydrogen (secondary N) is 1. The molecule has 34 heavy (non-hydrogen) atoms.